The van der Waals surface area contributed by atoms with Gasteiger partial charge in [-0.2, -0.15) is 0 Å². The predicted molar refractivity (Wildman–Crippen MR) is 118 cm³/mol. The molecule has 0 saturated carbocycles. The third-order valence-corrected chi connectivity index (χ3v) is 5.86. The van der Waals surface area contributed by atoms with Crippen molar-refractivity contribution >= 4 is 0 Å². The van der Waals surface area contributed by atoms with Gasteiger partial charge in [-0.05, 0) is 16.7 Å². The number of aliphatic hydroxyl groups excluding tert-OH is 2. The van der Waals surface area contributed by atoms with Crippen LogP contribution in [0.1, 0.15) is 16.7 Å². The first-order chi connectivity index (χ1) is 15.6. The lowest BCUT2D eigenvalue weighted by Crippen LogP contribution is -2.58. The molecule has 3 aromatic carbocycles. The van der Waals surface area contributed by atoms with Crippen LogP contribution in [0.2, 0.25) is 0 Å². The maximum absolute atomic E-state index is 14.9. The van der Waals surface area contributed by atoms with E-state index in [4.69, 9.17) is 14.2 Å². The molecule has 32 heavy (non-hydrogen) atoms. The van der Waals surface area contributed by atoms with E-state index in [1.165, 1.54) is 7.11 Å². The normalized spacial score (nSPS) is 26.1. The van der Waals surface area contributed by atoms with Crippen LogP contribution in [0.25, 0.3) is 0 Å². The Balaban J connectivity index is 1.77. The number of halogens is 1. The molecule has 0 aliphatic carbocycles. The molecule has 1 fully saturated rings. The van der Waals surface area contributed by atoms with E-state index in [1.807, 2.05) is 91.0 Å². The number of hydrogen-bond acceptors (Lipinski definition) is 5. The molecule has 1 heterocycles. The number of hydrogen-bond donors (Lipinski definition) is 2. The molecule has 5 nitrogen and oxygen atoms in total. The summed E-state index contributed by atoms with van der Waals surface area (Å²) in [5.41, 5.74) is 1.56. The first-order valence-electron chi connectivity index (χ1n) is 10.6. The Labute approximate surface area is 187 Å². The number of benzene rings is 3. The second-order valence-corrected chi connectivity index (χ2v) is 7.79. The van der Waals surface area contributed by atoms with Gasteiger partial charge in [0, 0.05) is 7.11 Å². The highest BCUT2D eigenvalue weighted by Gasteiger charge is 2.47. The SMILES string of the molecule is CO[C@H]1O[C@H](COC(c2ccccc2)(c2ccccc2)c2ccccc2)[C@H](F)[C@H](O)[C@@H]1O. The van der Waals surface area contributed by atoms with Gasteiger partial charge in [0.25, 0.3) is 0 Å². The van der Waals surface area contributed by atoms with Gasteiger partial charge in [0.1, 0.15) is 23.9 Å². The van der Waals surface area contributed by atoms with E-state index in [-0.39, 0.29) is 6.61 Å². The molecule has 1 aliphatic heterocycles. The van der Waals surface area contributed by atoms with Gasteiger partial charge in [0.2, 0.25) is 0 Å². The monoisotopic (exact) mass is 438 g/mol. The van der Waals surface area contributed by atoms with Crippen LogP contribution in [0.4, 0.5) is 4.39 Å². The Morgan fingerprint density at radius 3 is 1.62 bits per heavy atom. The van der Waals surface area contributed by atoms with Crippen molar-refractivity contribution in [2.45, 2.75) is 36.4 Å². The van der Waals surface area contributed by atoms with Gasteiger partial charge in [-0.15, -0.1) is 0 Å². The minimum atomic E-state index is -1.84. The fourth-order valence-electron chi connectivity index (χ4n) is 4.20. The molecule has 3 aromatic rings. The Morgan fingerprint density at radius 1 is 0.781 bits per heavy atom. The largest absolute Gasteiger partial charge is 0.387 e. The number of aliphatic hydroxyl groups is 2. The standard InChI is InChI=1S/C26H27FO5/c1-30-25-24(29)23(28)22(27)21(32-25)17-31-26(18-11-5-2-6-12-18,19-13-7-3-8-14-19)20-15-9-4-10-16-20/h2-16,21-25,28-29H,17H2,1H3/t21-,22+,23+,24+,25+/m1/s1. The molecule has 0 amide bonds. The number of alkyl halides is 1. The van der Waals surface area contributed by atoms with Crippen molar-refractivity contribution in [3.63, 3.8) is 0 Å². The summed E-state index contributed by atoms with van der Waals surface area (Å²) in [6.07, 6.45) is -7.23. The second-order valence-electron chi connectivity index (χ2n) is 7.79. The predicted octanol–water partition coefficient (Wildman–Crippen LogP) is 3.43. The molecule has 0 unspecified atom stereocenters. The summed E-state index contributed by atoms with van der Waals surface area (Å²) in [7, 11) is 1.33. The van der Waals surface area contributed by atoms with Gasteiger partial charge in [-0.1, -0.05) is 91.0 Å². The summed E-state index contributed by atoms with van der Waals surface area (Å²) in [6.45, 7) is -0.177. The average Bonchev–Trinajstić information content (AvgIpc) is 2.86. The molecule has 0 bridgehead atoms. The molecule has 0 aromatic heterocycles. The third kappa shape index (κ3) is 4.20. The van der Waals surface area contributed by atoms with Gasteiger partial charge in [0.15, 0.2) is 12.5 Å². The molecule has 1 saturated heterocycles. The van der Waals surface area contributed by atoms with Crippen molar-refractivity contribution in [3.8, 4) is 0 Å². The topological polar surface area (TPSA) is 68.2 Å². The highest BCUT2D eigenvalue weighted by Crippen LogP contribution is 2.41. The second kappa shape index (κ2) is 9.90. The van der Waals surface area contributed by atoms with Gasteiger partial charge in [0.05, 0.1) is 6.61 Å². The minimum absolute atomic E-state index is 0.177. The first-order valence-corrected chi connectivity index (χ1v) is 10.6. The molecule has 5 atom stereocenters. The van der Waals surface area contributed by atoms with Crippen molar-refractivity contribution in [2.75, 3.05) is 13.7 Å². The van der Waals surface area contributed by atoms with Crippen LogP contribution in [-0.2, 0) is 19.8 Å². The lowest BCUT2D eigenvalue weighted by atomic mass is 9.80. The van der Waals surface area contributed by atoms with Crippen LogP contribution in [0.5, 0.6) is 0 Å². The highest BCUT2D eigenvalue weighted by molar-refractivity contribution is 5.47. The molecule has 0 radical (unpaired) electrons. The Bertz CT molecular complexity index is 871. The van der Waals surface area contributed by atoms with E-state index in [1.54, 1.807) is 0 Å². The van der Waals surface area contributed by atoms with Gasteiger partial charge >= 0.3 is 0 Å². The summed E-state index contributed by atoms with van der Waals surface area (Å²) >= 11 is 0. The van der Waals surface area contributed by atoms with E-state index in [0.29, 0.717) is 0 Å². The molecular formula is C26H27FO5. The first kappa shape index (κ1) is 22.6. The zero-order chi connectivity index (χ0) is 22.6. The van der Waals surface area contributed by atoms with Gasteiger partial charge in [-0.25, -0.2) is 4.39 Å². The number of methoxy groups -OCH3 is 1. The average molecular weight is 438 g/mol. The van der Waals surface area contributed by atoms with Crippen molar-refractivity contribution in [1.29, 1.82) is 0 Å². The number of rotatable bonds is 7. The van der Waals surface area contributed by atoms with E-state index in [0.717, 1.165) is 16.7 Å². The van der Waals surface area contributed by atoms with Crippen molar-refractivity contribution in [3.05, 3.63) is 108 Å². The van der Waals surface area contributed by atoms with E-state index in [2.05, 4.69) is 0 Å². The maximum Gasteiger partial charge on any atom is 0.186 e. The third-order valence-electron chi connectivity index (χ3n) is 5.86. The Hall–Kier alpha value is -2.61. The zero-order valence-electron chi connectivity index (χ0n) is 17.8. The van der Waals surface area contributed by atoms with Crippen LogP contribution < -0.4 is 0 Å². The molecule has 2 N–H and O–H groups in total. The summed E-state index contributed by atoms with van der Waals surface area (Å²) in [6, 6.07) is 29.1. The fraction of sp³-hybridized carbons (Fsp3) is 0.308. The molecule has 0 spiro atoms. The maximum atomic E-state index is 14.9. The fourth-order valence-corrected chi connectivity index (χ4v) is 4.20. The van der Waals surface area contributed by atoms with Crippen LogP contribution >= 0.6 is 0 Å². The van der Waals surface area contributed by atoms with E-state index >= 15 is 0 Å². The molecule has 6 heteroatoms. The van der Waals surface area contributed by atoms with Crippen LogP contribution in [0.3, 0.4) is 0 Å². The van der Waals surface area contributed by atoms with E-state index < -0.39 is 36.4 Å². The summed E-state index contributed by atoms with van der Waals surface area (Å²) < 4.78 is 32.2. The minimum Gasteiger partial charge on any atom is -0.387 e. The lowest BCUT2D eigenvalue weighted by molar-refractivity contribution is -0.288. The molecule has 168 valence electrons. The molecular weight excluding hydrogens is 411 g/mol. The van der Waals surface area contributed by atoms with Crippen LogP contribution in [0, 0.1) is 0 Å². The number of ether oxygens (including phenoxy) is 3. The smallest absolute Gasteiger partial charge is 0.186 e. The summed E-state index contributed by atoms with van der Waals surface area (Å²) in [5, 5.41) is 20.2. The highest BCUT2D eigenvalue weighted by atomic mass is 19.1. The Morgan fingerprint density at radius 2 is 1.22 bits per heavy atom. The summed E-state index contributed by atoms with van der Waals surface area (Å²) in [5.74, 6) is 0. The summed E-state index contributed by atoms with van der Waals surface area (Å²) in [4.78, 5) is 0. The quantitative estimate of drug-likeness (QED) is 0.554. The van der Waals surface area contributed by atoms with Crippen molar-refractivity contribution in [2.24, 2.45) is 0 Å². The molecule has 1 aliphatic rings. The lowest BCUT2D eigenvalue weighted by Gasteiger charge is -2.41. The van der Waals surface area contributed by atoms with E-state index in [9.17, 15) is 14.6 Å². The van der Waals surface area contributed by atoms with Crippen LogP contribution in [-0.4, -0.2) is 54.7 Å². The van der Waals surface area contributed by atoms with Gasteiger partial charge < -0.3 is 24.4 Å². The van der Waals surface area contributed by atoms with Crippen molar-refractivity contribution < 1.29 is 28.8 Å². The Kier molecular flexibility index (Phi) is 6.98. The molecule has 4 rings (SSSR count). The zero-order valence-corrected chi connectivity index (χ0v) is 17.8. The van der Waals surface area contributed by atoms with Crippen LogP contribution in [0.15, 0.2) is 91.0 Å². The van der Waals surface area contributed by atoms with Crippen molar-refractivity contribution in [1.82, 2.24) is 0 Å². The van der Waals surface area contributed by atoms with Gasteiger partial charge in [-0.3, -0.25) is 0 Å².